The second-order valence-corrected chi connectivity index (χ2v) is 5.09. The topological polar surface area (TPSA) is 52.0 Å². The lowest BCUT2D eigenvalue weighted by molar-refractivity contribution is 0.140. The maximum Gasteiger partial charge on any atom is 0.138 e. The molecule has 0 saturated heterocycles. The van der Waals surface area contributed by atoms with Crippen LogP contribution in [-0.2, 0) is 17.7 Å². The van der Waals surface area contributed by atoms with Gasteiger partial charge in [-0.1, -0.05) is 13.8 Å². The molecule has 1 heterocycles. The summed E-state index contributed by atoms with van der Waals surface area (Å²) in [7, 11) is 0. The minimum Gasteiger partial charge on any atom is -0.382 e. The quantitative estimate of drug-likeness (QED) is 0.598. The van der Waals surface area contributed by atoms with E-state index in [2.05, 4.69) is 29.2 Å². The molecule has 1 aromatic heterocycles. The fourth-order valence-electron chi connectivity index (χ4n) is 2.27. The summed E-state index contributed by atoms with van der Waals surface area (Å²) in [6, 6.07) is 0.468. The van der Waals surface area contributed by atoms with Gasteiger partial charge >= 0.3 is 0 Å². The Hall–Kier alpha value is -0.940. The lowest BCUT2D eigenvalue weighted by Crippen LogP contribution is -2.33. The van der Waals surface area contributed by atoms with Gasteiger partial charge in [-0.25, -0.2) is 4.98 Å². The molecule has 0 aromatic carbocycles. The van der Waals surface area contributed by atoms with Crippen molar-refractivity contribution in [2.75, 3.05) is 19.8 Å². The number of nitrogens with one attached hydrogen (secondary N) is 1. The molecule has 1 unspecified atom stereocenters. The summed E-state index contributed by atoms with van der Waals surface area (Å²) in [5.41, 5.74) is 0. The summed E-state index contributed by atoms with van der Waals surface area (Å²) in [5.74, 6) is 1.09. The van der Waals surface area contributed by atoms with Gasteiger partial charge in [0, 0.05) is 32.2 Å². The van der Waals surface area contributed by atoms with E-state index in [-0.39, 0.29) is 0 Å². The first kappa shape index (κ1) is 17.1. The minimum atomic E-state index is 0.468. The van der Waals surface area contributed by atoms with Crippen molar-refractivity contribution in [3.8, 4) is 0 Å². The molecule has 0 aliphatic heterocycles. The molecule has 116 valence electrons. The van der Waals surface area contributed by atoms with Crippen LogP contribution < -0.4 is 5.32 Å². The second kappa shape index (κ2) is 10.8. The van der Waals surface area contributed by atoms with Crippen LogP contribution in [0.2, 0.25) is 0 Å². The fraction of sp³-hybridized carbons (Fsp3) is 0.867. The molecule has 0 amide bonds. The Kier molecular flexibility index (Phi) is 9.24. The molecule has 0 radical (unpaired) electrons. The number of aryl methyl sites for hydroxylation is 1. The maximum absolute atomic E-state index is 5.42. The summed E-state index contributed by atoms with van der Waals surface area (Å²) < 4.78 is 7.46. The zero-order valence-electron chi connectivity index (χ0n) is 13.3. The smallest absolute Gasteiger partial charge is 0.138 e. The molecule has 0 saturated carbocycles. The number of nitrogens with zero attached hydrogens (tertiary/aromatic N) is 3. The van der Waals surface area contributed by atoms with Gasteiger partial charge in [0.2, 0.25) is 0 Å². The van der Waals surface area contributed by atoms with E-state index in [9.17, 15) is 0 Å². The average Bonchev–Trinajstić information content (AvgIpc) is 2.88. The molecule has 0 aliphatic rings. The van der Waals surface area contributed by atoms with Crippen LogP contribution in [0.3, 0.4) is 0 Å². The monoisotopic (exact) mass is 282 g/mol. The normalized spacial score (nSPS) is 12.8. The van der Waals surface area contributed by atoms with E-state index in [1.165, 1.54) is 0 Å². The van der Waals surface area contributed by atoms with Gasteiger partial charge in [0.15, 0.2) is 0 Å². The van der Waals surface area contributed by atoms with E-state index in [1.54, 1.807) is 6.33 Å². The van der Waals surface area contributed by atoms with Crippen LogP contribution in [0.15, 0.2) is 6.33 Å². The Morgan fingerprint density at radius 3 is 2.85 bits per heavy atom. The van der Waals surface area contributed by atoms with E-state index < -0.39 is 0 Å². The van der Waals surface area contributed by atoms with Crippen LogP contribution in [0.25, 0.3) is 0 Å². The van der Waals surface area contributed by atoms with Crippen molar-refractivity contribution in [1.29, 1.82) is 0 Å². The molecule has 20 heavy (non-hydrogen) atoms. The highest BCUT2D eigenvalue weighted by atomic mass is 16.5. The van der Waals surface area contributed by atoms with Gasteiger partial charge in [0.25, 0.3) is 0 Å². The Bertz CT molecular complexity index is 340. The molecule has 5 nitrogen and oxygen atoms in total. The van der Waals surface area contributed by atoms with E-state index in [0.29, 0.717) is 6.04 Å². The lowest BCUT2D eigenvalue weighted by Gasteiger charge is -2.18. The molecule has 0 bridgehead atoms. The third-order valence-electron chi connectivity index (χ3n) is 3.29. The van der Waals surface area contributed by atoms with E-state index in [4.69, 9.17) is 4.74 Å². The molecule has 1 aromatic rings. The van der Waals surface area contributed by atoms with E-state index >= 15 is 0 Å². The second-order valence-electron chi connectivity index (χ2n) is 5.09. The SMILES string of the molecule is CCCNC(CCCOCC)Cc1ncnn1CCC. The van der Waals surface area contributed by atoms with Crippen LogP contribution in [0.4, 0.5) is 0 Å². The fourth-order valence-corrected chi connectivity index (χ4v) is 2.27. The standard InChI is InChI=1S/C15H30N4O/c1-4-9-16-14(8-7-11-20-6-3)12-15-17-13-18-19(15)10-5-2/h13-14,16H,4-12H2,1-3H3. The molecule has 1 rings (SSSR count). The third-order valence-corrected chi connectivity index (χ3v) is 3.29. The minimum absolute atomic E-state index is 0.468. The molecule has 0 aliphatic carbocycles. The van der Waals surface area contributed by atoms with Crippen molar-refractivity contribution < 1.29 is 4.74 Å². The molecule has 1 N–H and O–H groups in total. The first-order chi connectivity index (χ1) is 9.81. The zero-order valence-corrected chi connectivity index (χ0v) is 13.3. The lowest BCUT2D eigenvalue weighted by atomic mass is 10.1. The van der Waals surface area contributed by atoms with Gasteiger partial charge in [-0.05, 0) is 39.2 Å². The Morgan fingerprint density at radius 1 is 1.30 bits per heavy atom. The van der Waals surface area contributed by atoms with Gasteiger partial charge in [0.1, 0.15) is 12.2 Å². The Balaban J connectivity index is 2.47. The van der Waals surface area contributed by atoms with Gasteiger partial charge in [0.05, 0.1) is 0 Å². The molecule has 0 spiro atoms. The Morgan fingerprint density at radius 2 is 2.15 bits per heavy atom. The number of ether oxygens (including phenoxy) is 1. The highest BCUT2D eigenvalue weighted by Gasteiger charge is 2.13. The van der Waals surface area contributed by atoms with Crippen LogP contribution in [0.5, 0.6) is 0 Å². The van der Waals surface area contributed by atoms with E-state index in [0.717, 1.165) is 64.2 Å². The van der Waals surface area contributed by atoms with Crippen LogP contribution in [0, 0.1) is 0 Å². The summed E-state index contributed by atoms with van der Waals surface area (Å²) in [6.45, 7) is 10.1. The summed E-state index contributed by atoms with van der Waals surface area (Å²) in [5, 5.41) is 7.92. The van der Waals surface area contributed by atoms with Crippen molar-refractivity contribution in [3.05, 3.63) is 12.2 Å². The van der Waals surface area contributed by atoms with E-state index in [1.807, 2.05) is 11.6 Å². The van der Waals surface area contributed by atoms with Crippen molar-refractivity contribution in [3.63, 3.8) is 0 Å². The first-order valence-electron chi connectivity index (χ1n) is 7.99. The van der Waals surface area contributed by atoms with Gasteiger partial charge < -0.3 is 10.1 Å². The van der Waals surface area contributed by atoms with Crippen LogP contribution in [0.1, 0.15) is 52.3 Å². The first-order valence-corrected chi connectivity index (χ1v) is 7.99. The van der Waals surface area contributed by atoms with Crippen LogP contribution >= 0.6 is 0 Å². The predicted octanol–water partition coefficient (Wildman–Crippen LogP) is 2.42. The van der Waals surface area contributed by atoms with Crippen molar-refractivity contribution in [2.24, 2.45) is 0 Å². The Labute approximate surface area is 123 Å². The average molecular weight is 282 g/mol. The highest BCUT2D eigenvalue weighted by Crippen LogP contribution is 2.07. The van der Waals surface area contributed by atoms with Crippen LogP contribution in [-0.4, -0.2) is 40.6 Å². The predicted molar refractivity (Wildman–Crippen MR) is 81.8 cm³/mol. The highest BCUT2D eigenvalue weighted by molar-refractivity contribution is 4.90. The third kappa shape index (κ3) is 6.48. The molecular formula is C15H30N4O. The number of hydrogen-bond donors (Lipinski definition) is 1. The summed E-state index contributed by atoms with van der Waals surface area (Å²) >= 11 is 0. The number of hydrogen-bond acceptors (Lipinski definition) is 4. The summed E-state index contributed by atoms with van der Waals surface area (Å²) in [4.78, 5) is 4.41. The van der Waals surface area contributed by atoms with Crippen molar-refractivity contribution >= 4 is 0 Å². The van der Waals surface area contributed by atoms with Gasteiger partial charge in [-0.2, -0.15) is 5.10 Å². The van der Waals surface area contributed by atoms with Gasteiger partial charge in [-0.15, -0.1) is 0 Å². The molecule has 1 atom stereocenters. The molecule has 5 heteroatoms. The number of rotatable bonds is 12. The maximum atomic E-state index is 5.42. The van der Waals surface area contributed by atoms with Gasteiger partial charge in [-0.3, -0.25) is 4.68 Å². The van der Waals surface area contributed by atoms with Crippen molar-refractivity contribution in [2.45, 2.75) is 65.5 Å². The van der Waals surface area contributed by atoms with Crippen molar-refractivity contribution in [1.82, 2.24) is 20.1 Å². The molecule has 0 fully saturated rings. The number of aromatic nitrogens is 3. The largest absolute Gasteiger partial charge is 0.382 e. The summed E-state index contributed by atoms with van der Waals surface area (Å²) in [6.07, 6.45) is 7.08. The zero-order chi connectivity index (χ0) is 14.6. The molecular weight excluding hydrogens is 252 g/mol.